The molecule has 0 fully saturated rings. The maximum absolute atomic E-state index is 12.3. The van der Waals surface area contributed by atoms with Gasteiger partial charge in [0.2, 0.25) is 11.8 Å². The van der Waals surface area contributed by atoms with Crippen molar-refractivity contribution in [3.8, 4) is 11.5 Å². The van der Waals surface area contributed by atoms with Crippen molar-refractivity contribution in [1.29, 1.82) is 0 Å². The number of carbonyl (C=O) groups is 2. The molecule has 2 rings (SSSR count). The predicted molar refractivity (Wildman–Crippen MR) is 116 cm³/mol. The SMILES string of the molecule is CCN(CC(=O)Nc1ccc(NC(C)=O)cc1)CC(O)COc1ccc(OC)cc1. The van der Waals surface area contributed by atoms with E-state index in [0.717, 1.165) is 5.75 Å². The number of anilines is 2. The van der Waals surface area contributed by atoms with Gasteiger partial charge in [-0.25, -0.2) is 0 Å². The molecule has 1 unspecified atom stereocenters. The Balaban J connectivity index is 1.77. The van der Waals surface area contributed by atoms with E-state index in [1.54, 1.807) is 55.6 Å². The fraction of sp³-hybridized carbons (Fsp3) is 0.364. The fourth-order valence-corrected chi connectivity index (χ4v) is 2.76. The summed E-state index contributed by atoms with van der Waals surface area (Å²) in [5, 5.41) is 15.7. The van der Waals surface area contributed by atoms with Crippen LogP contribution >= 0.6 is 0 Å². The summed E-state index contributed by atoms with van der Waals surface area (Å²) in [6.45, 7) is 4.53. The van der Waals surface area contributed by atoms with Crippen molar-refractivity contribution in [2.45, 2.75) is 20.0 Å². The van der Waals surface area contributed by atoms with Crippen molar-refractivity contribution in [1.82, 2.24) is 4.90 Å². The van der Waals surface area contributed by atoms with Crippen LogP contribution < -0.4 is 20.1 Å². The largest absolute Gasteiger partial charge is 0.497 e. The monoisotopic (exact) mass is 415 g/mol. The zero-order valence-corrected chi connectivity index (χ0v) is 17.6. The van der Waals surface area contributed by atoms with E-state index < -0.39 is 6.10 Å². The van der Waals surface area contributed by atoms with Crippen molar-refractivity contribution in [3.63, 3.8) is 0 Å². The molecule has 0 spiro atoms. The minimum atomic E-state index is -0.739. The summed E-state index contributed by atoms with van der Waals surface area (Å²) in [5.41, 5.74) is 1.30. The zero-order valence-electron chi connectivity index (χ0n) is 17.6. The molecule has 2 aromatic rings. The Labute approximate surface area is 176 Å². The lowest BCUT2D eigenvalue weighted by Gasteiger charge is -2.23. The third-order valence-corrected chi connectivity index (χ3v) is 4.27. The Morgan fingerprint density at radius 2 is 1.57 bits per heavy atom. The van der Waals surface area contributed by atoms with Crippen LogP contribution in [0.5, 0.6) is 11.5 Å². The first-order chi connectivity index (χ1) is 14.4. The number of likely N-dealkylation sites (N-methyl/N-ethyl adjacent to an activating group) is 1. The molecule has 0 aliphatic heterocycles. The van der Waals surface area contributed by atoms with Crippen LogP contribution in [-0.4, -0.2) is 61.3 Å². The topological polar surface area (TPSA) is 100 Å². The van der Waals surface area contributed by atoms with E-state index in [9.17, 15) is 14.7 Å². The number of methoxy groups -OCH3 is 1. The second kappa shape index (κ2) is 11.8. The Hall–Kier alpha value is -3.10. The molecule has 162 valence electrons. The van der Waals surface area contributed by atoms with Gasteiger partial charge in [0.25, 0.3) is 0 Å². The second-order valence-corrected chi connectivity index (χ2v) is 6.77. The van der Waals surface area contributed by atoms with E-state index in [1.807, 2.05) is 11.8 Å². The summed E-state index contributed by atoms with van der Waals surface area (Å²) in [6.07, 6.45) is -0.739. The average molecular weight is 415 g/mol. The number of nitrogens with one attached hydrogen (secondary N) is 2. The lowest BCUT2D eigenvalue weighted by atomic mass is 10.2. The number of ether oxygens (including phenoxy) is 2. The van der Waals surface area contributed by atoms with E-state index >= 15 is 0 Å². The summed E-state index contributed by atoms with van der Waals surface area (Å²) < 4.78 is 10.7. The number of hydrogen-bond acceptors (Lipinski definition) is 6. The summed E-state index contributed by atoms with van der Waals surface area (Å²) in [4.78, 5) is 25.2. The van der Waals surface area contributed by atoms with Gasteiger partial charge in [-0.1, -0.05) is 6.92 Å². The van der Waals surface area contributed by atoms with Crippen LogP contribution in [0.2, 0.25) is 0 Å². The molecule has 2 amide bonds. The van der Waals surface area contributed by atoms with Crippen LogP contribution in [0, 0.1) is 0 Å². The average Bonchev–Trinajstić information content (AvgIpc) is 2.73. The molecule has 2 aromatic carbocycles. The highest BCUT2D eigenvalue weighted by Gasteiger charge is 2.15. The minimum absolute atomic E-state index is 0.120. The van der Waals surface area contributed by atoms with E-state index in [0.29, 0.717) is 30.2 Å². The Morgan fingerprint density at radius 1 is 1.00 bits per heavy atom. The highest BCUT2D eigenvalue weighted by Crippen LogP contribution is 2.17. The van der Waals surface area contributed by atoms with Crippen molar-refractivity contribution in [2.75, 3.05) is 44.0 Å². The molecule has 1 atom stereocenters. The minimum Gasteiger partial charge on any atom is -0.497 e. The van der Waals surface area contributed by atoms with Crippen molar-refractivity contribution in [3.05, 3.63) is 48.5 Å². The number of carbonyl (C=O) groups excluding carboxylic acids is 2. The number of amides is 2. The first kappa shape index (κ1) is 23.2. The number of aliphatic hydroxyl groups is 1. The molecular weight excluding hydrogens is 386 g/mol. The first-order valence-corrected chi connectivity index (χ1v) is 9.74. The van der Waals surface area contributed by atoms with Crippen molar-refractivity contribution >= 4 is 23.2 Å². The van der Waals surface area contributed by atoms with Crippen LogP contribution in [0.15, 0.2) is 48.5 Å². The van der Waals surface area contributed by atoms with Gasteiger partial charge >= 0.3 is 0 Å². The van der Waals surface area contributed by atoms with Crippen LogP contribution in [0.3, 0.4) is 0 Å². The maximum atomic E-state index is 12.3. The van der Waals surface area contributed by atoms with E-state index in [2.05, 4.69) is 10.6 Å². The van der Waals surface area contributed by atoms with Crippen LogP contribution in [0.1, 0.15) is 13.8 Å². The van der Waals surface area contributed by atoms with Gasteiger partial charge < -0.3 is 25.2 Å². The Kier molecular flexibility index (Phi) is 9.11. The summed E-state index contributed by atoms with van der Waals surface area (Å²) >= 11 is 0. The molecule has 0 bridgehead atoms. The summed E-state index contributed by atoms with van der Waals surface area (Å²) in [7, 11) is 1.59. The molecule has 30 heavy (non-hydrogen) atoms. The molecule has 0 saturated carbocycles. The van der Waals surface area contributed by atoms with Gasteiger partial charge in [-0.15, -0.1) is 0 Å². The standard InChI is InChI=1S/C22H29N3O5/c1-4-25(13-19(27)15-30-21-11-9-20(29-3)10-12-21)14-22(28)24-18-7-5-17(6-8-18)23-16(2)26/h5-12,19,27H,4,13-15H2,1-3H3,(H,23,26)(H,24,28). The lowest BCUT2D eigenvalue weighted by molar-refractivity contribution is -0.117. The number of rotatable bonds is 11. The maximum Gasteiger partial charge on any atom is 0.238 e. The molecule has 8 nitrogen and oxygen atoms in total. The fourth-order valence-electron chi connectivity index (χ4n) is 2.76. The molecule has 0 aliphatic carbocycles. The number of nitrogens with zero attached hydrogens (tertiary/aromatic N) is 1. The van der Waals surface area contributed by atoms with Crippen LogP contribution in [0.25, 0.3) is 0 Å². The van der Waals surface area contributed by atoms with Gasteiger partial charge in [-0.2, -0.15) is 0 Å². The molecule has 0 aromatic heterocycles. The second-order valence-electron chi connectivity index (χ2n) is 6.77. The van der Waals surface area contributed by atoms with E-state index in [-0.39, 0.29) is 25.0 Å². The smallest absolute Gasteiger partial charge is 0.238 e. The summed E-state index contributed by atoms with van der Waals surface area (Å²) in [6, 6.07) is 14.0. The normalized spacial score (nSPS) is 11.6. The Bertz CT molecular complexity index is 809. The number of aliphatic hydroxyl groups excluding tert-OH is 1. The van der Waals surface area contributed by atoms with Gasteiger partial charge in [-0.3, -0.25) is 14.5 Å². The third kappa shape index (κ3) is 8.10. The van der Waals surface area contributed by atoms with Gasteiger partial charge in [-0.05, 0) is 55.1 Å². The van der Waals surface area contributed by atoms with E-state index in [4.69, 9.17) is 9.47 Å². The predicted octanol–water partition coefficient (Wildman–Crippen LogP) is 2.35. The molecule has 0 saturated heterocycles. The molecule has 0 aliphatic rings. The van der Waals surface area contributed by atoms with Crippen LogP contribution in [0.4, 0.5) is 11.4 Å². The molecule has 0 radical (unpaired) electrons. The number of benzene rings is 2. The highest BCUT2D eigenvalue weighted by atomic mass is 16.5. The third-order valence-electron chi connectivity index (χ3n) is 4.27. The van der Waals surface area contributed by atoms with Crippen molar-refractivity contribution in [2.24, 2.45) is 0 Å². The van der Waals surface area contributed by atoms with Gasteiger partial charge in [0, 0.05) is 24.8 Å². The van der Waals surface area contributed by atoms with Crippen LogP contribution in [-0.2, 0) is 9.59 Å². The first-order valence-electron chi connectivity index (χ1n) is 9.74. The zero-order chi connectivity index (χ0) is 21.9. The highest BCUT2D eigenvalue weighted by molar-refractivity contribution is 5.93. The molecule has 3 N–H and O–H groups in total. The summed E-state index contributed by atoms with van der Waals surface area (Å²) in [5.74, 6) is 1.03. The Morgan fingerprint density at radius 3 is 2.10 bits per heavy atom. The quantitative estimate of drug-likeness (QED) is 0.521. The number of hydrogen-bond donors (Lipinski definition) is 3. The molecule has 8 heteroatoms. The van der Waals surface area contributed by atoms with Crippen molar-refractivity contribution < 1.29 is 24.2 Å². The lowest BCUT2D eigenvalue weighted by Crippen LogP contribution is -2.40. The van der Waals surface area contributed by atoms with Gasteiger partial charge in [0.05, 0.1) is 13.7 Å². The van der Waals surface area contributed by atoms with Gasteiger partial charge in [0.15, 0.2) is 0 Å². The van der Waals surface area contributed by atoms with Gasteiger partial charge in [0.1, 0.15) is 24.2 Å². The molecule has 0 heterocycles. The molecular formula is C22H29N3O5. The van der Waals surface area contributed by atoms with E-state index in [1.165, 1.54) is 6.92 Å².